The molecule has 0 saturated carbocycles. The van der Waals surface area contributed by atoms with Gasteiger partial charge in [-0.2, -0.15) is 0 Å². The van der Waals surface area contributed by atoms with E-state index in [1.54, 1.807) is 6.92 Å². The first kappa shape index (κ1) is 14.1. The fourth-order valence-corrected chi connectivity index (χ4v) is 2.59. The number of Topliss-reactive ketones (excluding diaryl/α,β-unsaturated/α-hetero) is 1. The van der Waals surface area contributed by atoms with Crippen LogP contribution in [0.25, 0.3) is 16.7 Å². The van der Waals surface area contributed by atoms with E-state index in [1.807, 2.05) is 0 Å². The van der Waals surface area contributed by atoms with Gasteiger partial charge < -0.3 is 13.9 Å². The maximum atomic E-state index is 12.3. The van der Waals surface area contributed by atoms with E-state index in [9.17, 15) is 14.4 Å². The third-order valence-electron chi connectivity index (χ3n) is 3.50. The Kier molecular flexibility index (Phi) is 3.09. The highest BCUT2D eigenvalue weighted by Gasteiger charge is 2.32. The molecule has 0 amide bonds. The molecule has 0 N–H and O–H groups in total. The number of aryl methyl sites for hydroxylation is 1. The summed E-state index contributed by atoms with van der Waals surface area (Å²) in [4.78, 5) is 36.1. The summed E-state index contributed by atoms with van der Waals surface area (Å²) in [7, 11) is 2.75. The van der Waals surface area contributed by atoms with Crippen LogP contribution in [-0.4, -0.2) is 25.8 Å². The second kappa shape index (κ2) is 4.84. The number of hydrogen-bond donors (Lipinski definition) is 0. The molecule has 1 aromatic carbocycles. The van der Waals surface area contributed by atoms with E-state index >= 15 is 0 Å². The number of benzene rings is 1. The van der Waals surface area contributed by atoms with Crippen LogP contribution in [0.4, 0.5) is 0 Å². The van der Waals surface area contributed by atoms with Crippen molar-refractivity contribution in [3.63, 3.8) is 0 Å². The molecule has 1 aliphatic carbocycles. The Morgan fingerprint density at radius 3 is 2.41 bits per heavy atom. The zero-order chi connectivity index (χ0) is 16.0. The van der Waals surface area contributed by atoms with Crippen LogP contribution in [0.2, 0.25) is 0 Å². The summed E-state index contributed by atoms with van der Waals surface area (Å²) in [6.45, 7) is 1.63. The van der Waals surface area contributed by atoms with Crippen molar-refractivity contribution in [2.75, 3.05) is 14.2 Å². The lowest BCUT2D eigenvalue weighted by molar-refractivity contribution is -0.111. The minimum absolute atomic E-state index is 0.0995. The summed E-state index contributed by atoms with van der Waals surface area (Å²) < 4.78 is 16.0. The summed E-state index contributed by atoms with van der Waals surface area (Å²) in [5, 5.41) is 0.206. The van der Waals surface area contributed by atoms with Gasteiger partial charge in [0.15, 0.2) is 5.43 Å². The van der Waals surface area contributed by atoms with Crippen molar-refractivity contribution >= 4 is 28.3 Å². The summed E-state index contributed by atoms with van der Waals surface area (Å²) in [6.07, 6.45) is 1.09. The van der Waals surface area contributed by atoms with Crippen molar-refractivity contribution in [3.05, 3.63) is 45.3 Å². The van der Waals surface area contributed by atoms with Crippen LogP contribution in [0.3, 0.4) is 0 Å². The Morgan fingerprint density at radius 2 is 1.77 bits per heavy atom. The van der Waals surface area contributed by atoms with E-state index in [-0.39, 0.29) is 33.5 Å². The highest BCUT2D eigenvalue weighted by Crippen LogP contribution is 2.38. The number of methoxy groups -OCH3 is 2. The molecule has 0 fully saturated rings. The molecule has 0 saturated heterocycles. The van der Waals surface area contributed by atoms with E-state index in [2.05, 4.69) is 0 Å². The van der Waals surface area contributed by atoms with Crippen molar-refractivity contribution in [1.29, 1.82) is 0 Å². The van der Waals surface area contributed by atoms with Crippen LogP contribution in [0, 0.1) is 6.92 Å². The number of allylic oxidation sites excluding steroid dienone is 1. The minimum Gasteiger partial charge on any atom is -0.496 e. The lowest BCUT2D eigenvalue weighted by Crippen LogP contribution is -2.21. The number of carbonyl (C=O) groups excluding carboxylic acids is 2. The molecule has 22 heavy (non-hydrogen) atoms. The van der Waals surface area contributed by atoms with Gasteiger partial charge in [0, 0.05) is 17.7 Å². The van der Waals surface area contributed by atoms with Gasteiger partial charge in [-0.05, 0) is 13.0 Å². The first-order valence-corrected chi connectivity index (χ1v) is 6.48. The molecule has 0 bridgehead atoms. The van der Waals surface area contributed by atoms with Gasteiger partial charge in [0.1, 0.15) is 28.2 Å². The van der Waals surface area contributed by atoms with Gasteiger partial charge in [0.05, 0.1) is 19.8 Å². The zero-order valence-corrected chi connectivity index (χ0v) is 12.2. The van der Waals surface area contributed by atoms with Gasteiger partial charge in [-0.3, -0.25) is 14.4 Å². The standard InChI is InChI=1S/C16H12O6/c1-7-4-9(17)14-12(22-7)5-8-13(16(14)21-3)11(20-2)6-10(18)15(8)19/h4-6H,1-3H3. The van der Waals surface area contributed by atoms with Crippen molar-refractivity contribution in [3.8, 4) is 5.75 Å². The number of carbonyl (C=O) groups is 2. The smallest absolute Gasteiger partial charge is 0.234 e. The molecule has 0 atom stereocenters. The van der Waals surface area contributed by atoms with Gasteiger partial charge in [-0.1, -0.05) is 0 Å². The first-order chi connectivity index (χ1) is 10.5. The van der Waals surface area contributed by atoms with Gasteiger partial charge in [0.25, 0.3) is 0 Å². The molecule has 0 unspecified atom stereocenters. The van der Waals surface area contributed by atoms with E-state index in [0.717, 1.165) is 6.08 Å². The summed E-state index contributed by atoms with van der Waals surface area (Å²) in [5.74, 6) is -0.647. The van der Waals surface area contributed by atoms with Crippen LogP contribution in [0.5, 0.6) is 5.75 Å². The maximum absolute atomic E-state index is 12.3. The largest absolute Gasteiger partial charge is 0.496 e. The fraction of sp³-hybridized carbons (Fsp3) is 0.188. The number of fused-ring (bicyclic) bond motifs is 2. The molecular weight excluding hydrogens is 288 g/mol. The van der Waals surface area contributed by atoms with Crippen LogP contribution >= 0.6 is 0 Å². The van der Waals surface area contributed by atoms with E-state index in [0.29, 0.717) is 11.3 Å². The molecule has 0 aliphatic heterocycles. The summed E-state index contributed by atoms with van der Waals surface area (Å²) in [6, 6.07) is 2.72. The highest BCUT2D eigenvalue weighted by atomic mass is 16.5. The molecule has 6 heteroatoms. The van der Waals surface area contributed by atoms with Crippen LogP contribution in [0.1, 0.15) is 21.7 Å². The lowest BCUT2D eigenvalue weighted by atomic mass is 9.91. The van der Waals surface area contributed by atoms with Crippen molar-refractivity contribution in [2.45, 2.75) is 6.92 Å². The number of ketones is 2. The average molecular weight is 300 g/mol. The first-order valence-electron chi connectivity index (χ1n) is 6.48. The molecule has 6 nitrogen and oxygen atoms in total. The second-order valence-electron chi connectivity index (χ2n) is 4.83. The Bertz CT molecular complexity index is 916. The molecule has 1 aliphatic rings. The molecular formula is C16H12O6. The Labute approximate surface area is 124 Å². The average Bonchev–Trinajstić information content (AvgIpc) is 2.48. The SMILES string of the molecule is COC1=CC(=O)C(=O)c2cc3oc(C)cc(=O)c3c(OC)c21. The fourth-order valence-electron chi connectivity index (χ4n) is 2.59. The van der Waals surface area contributed by atoms with Crippen LogP contribution in [-0.2, 0) is 9.53 Å². The molecule has 0 radical (unpaired) electrons. The highest BCUT2D eigenvalue weighted by molar-refractivity contribution is 6.50. The summed E-state index contributed by atoms with van der Waals surface area (Å²) in [5.41, 5.74) is 0.290. The third kappa shape index (κ3) is 1.84. The predicted molar refractivity (Wildman–Crippen MR) is 78.1 cm³/mol. The Morgan fingerprint density at radius 1 is 1.05 bits per heavy atom. The van der Waals surface area contributed by atoms with Crippen molar-refractivity contribution in [1.82, 2.24) is 0 Å². The normalized spacial score (nSPS) is 13.9. The molecule has 3 rings (SSSR count). The monoisotopic (exact) mass is 300 g/mol. The topological polar surface area (TPSA) is 82.8 Å². The summed E-state index contributed by atoms with van der Waals surface area (Å²) >= 11 is 0. The van der Waals surface area contributed by atoms with Crippen LogP contribution < -0.4 is 10.2 Å². The molecule has 1 heterocycles. The van der Waals surface area contributed by atoms with Crippen molar-refractivity contribution < 1.29 is 23.5 Å². The number of hydrogen-bond acceptors (Lipinski definition) is 6. The predicted octanol–water partition coefficient (Wildman–Crippen LogP) is 1.86. The van der Waals surface area contributed by atoms with Gasteiger partial charge in [0.2, 0.25) is 11.6 Å². The molecule has 1 aromatic heterocycles. The maximum Gasteiger partial charge on any atom is 0.234 e. The number of ether oxygens (including phenoxy) is 2. The zero-order valence-electron chi connectivity index (χ0n) is 12.2. The van der Waals surface area contributed by atoms with Gasteiger partial charge >= 0.3 is 0 Å². The lowest BCUT2D eigenvalue weighted by Gasteiger charge is -2.19. The van der Waals surface area contributed by atoms with Gasteiger partial charge in [-0.25, -0.2) is 0 Å². The Balaban J connectivity index is 2.54. The van der Waals surface area contributed by atoms with E-state index in [4.69, 9.17) is 13.9 Å². The quantitative estimate of drug-likeness (QED) is 0.787. The minimum atomic E-state index is -0.694. The number of rotatable bonds is 2. The second-order valence-corrected chi connectivity index (χ2v) is 4.83. The van der Waals surface area contributed by atoms with E-state index < -0.39 is 11.6 Å². The Hall–Kier alpha value is -2.89. The van der Waals surface area contributed by atoms with E-state index in [1.165, 1.54) is 26.4 Å². The molecule has 0 spiro atoms. The van der Waals surface area contributed by atoms with Crippen LogP contribution in [0.15, 0.2) is 27.4 Å². The molecule has 2 aromatic rings. The third-order valence-corrected chi connectivity index (χ3v) is 3.50. The van der Waals surface area contributed by atoms with Gasteiger partial charge in [-0.15, -0.1) is 0 Å². The van der Waals surface area contributed by atoms with Crippen molar-refractivity contribution in [2.24, 2.45) is 0 Å². The molecule has 112 valence electrons.